The highest BCUT2D eigenvalue weighted by Crippen LogP contribution is 2.31. The van der Waals surface area contributed by atoms with Crippen LogP contribution in [-0.4, -0.2) is 39.6 Å². The van der Waals surface area contributed by atoms with Gasteiger partial charge in [0, 0.05) is 10.9 Å². The second kappa shape index (κ2) is 8.54. The van der Waals surface area contributed by atoms with Crippen molar-refractivity contribution >= 4 is 57.5 Å². The van der Waals surface area contributed by atoms with Crippen LogP contribution in [0.4, 0.5) is 10.8 Å². The summed E-state index contributed by atoms with van der Waals surface area (Å²) in [6, 6.07) is 7.86. The number of rotatable bonds is 9. The van der Waals surface area contributed by atoms with E-state index in [9.17, 15) is 9.59 Å². The molecule has 0 aliphatic heterocycles. The molecule has 0 unspecified atom stereocenters. The molecule has 132 valence electrons. The van der Waals surface area contributed by atoms with Gasteiger partial charge >= 0.3 is 0 Å². The van der Waals surface area contributed by atoms with Crippen molar-refractivity contribution in [2.45, 2.75) is 28.1 Å². The lowest BCUT2D eigenvalue weighted by atomic mass is 10.3. The van der Waals surface area contributed by atoms with Gasteiger partial charge < -0.3 is 16.4 Å². The van der Waals surface area contributed by atoms with Gasteiger partial charge in [0.15, 0.2) is 4.34 Å². The number of amides is 2. The van der Waals surface area contributed by atoms with Crippen LogP contribution < -0.4 is 16.4 Å². The largest absolute Gasteiger partial charge is 0.369 e. The zero-order valence-electron chi connectivity index (χ0n) is 13.2. The number of benzene rings is 1. The van der Waals surface area contributed by atoms with Crippen LogP contribution in [0.3, 0.4) is 0 Å². The van der Waals surface area contributed by atoms with Gasteiger partial charge in [0.25, 0.3) is 0 Å². The summed E-state index contributed by atoms with van der Waals surface area (Å²) >= 11 is 4.11. The third-order valence-corrected chi connectivity index (χ3v) is 6.25. The van der Waals surface area contributed by atoms with Crippen LogP contribution in [0.2, 0.25) is 0 Å². The number of primary amides is 1. The Labute approximate surface area is 157 Å². The van der Waals surface area contributed by atoms with Gasteiger partial charge in [-0.3, -0.25) is 9.59 Å². The van der Waals surface area contributed by atoms with Crippen LogP contribution in [0, 0.1) is 0 Å². The summed E-state index contributed by atoms with van der Waals surface area (Å²) in [6.07, 6.45) is 2.36. The first-order valence-electron chi connectivity index (χ1n) is 7.63. The summed E-state index contributed by atoms with van der Waals surface area (Å²) in [6.45, 7) is 0. The number of thioether (sulfide) groups is 2. The van der Waals surface area contributed by atoms with Gasteiger partial charge in [-0.25, -0.2) is 0 Å². The Balaban J connectivity index is 1.50. The fourth-order valence-electron chi connectivity index (χ4n) is 1.89. The summed E-state index contributed by atoms with van der Waals surface area (Å²) in [5.41, 5.74) is 5.85. The summed E-state index contributed by atoms with van der Waals surface area (Å²) in [5.74, 6) is -0.117. The van der Waals surface area contributed by atoms with E-state index < -0.39 is 5.91 Å². The van der Waals surface area contributed by atoms with Crippen LogP contribution in [0.5, 0.6) is 0 Å². The zero-order chi connectivity index (χ0) is 17.6. The molecule has 25 heavy (non-hydrogen) atoms. The number of hydrogen-bond acceptors (Lipinski definition) is 8. The number of nitrogens with two attached hydrogens (primary N) is 1. The quantitative estimate of drug-likeness (QED) is 0.559. The molecule has 2 aromatic rings. The number of aromatic nitrogens is 2. The molecule has 3 rings (SSSR count). The van der Waals surface area contributed by atoms with E-state index in [4.69, 9.17) is 5.73 Å². The molecule has 0 spiro atoms. The third kappa shape index (κ3) is 5.91. The monoisotopic (exact) mass is 395 g/mol. The second-order valence-electron chi connectivity index (χ2n) is 5.38. The van der Waals surface area contributed by atoms with Gasteiger partial charge in [0.1, 0.15) is 0 Å². The van der Waals surface area contributed by atoms with Crippen LogP contribution >= 0.6 is 34.9 Å². The molecule has 1 aromatic heterocycles. The Morgan fingerprint density at radius 2 is 2.00 bits per heavy atom. The van der Waals surface area contributed by atoms with Crippen molar-refractivity contribution in [3.05, 3.63) is 24.3 Å². The van der Waals surface area contributed by atoms with Crippen molar-refractivity contribution in [1.29, 1.82) is 0 Å². The highest BCUT2D eigenvalue weighted by Gasteiger charge is 2.22. The third-order valence-electron chi connectivity index (χ3n) is 3.17. The SMILES string of the molecule is NC(=O)CSc1ccccc1NC(=O)CSc1nnc(NC2CC2)s1. The lowest BCUT2D eigenvalue weighted by Gasteiger charge is -2.09. The highest BCUT2D eigenvalue weighted by atomic mass is 32.2. The molecule has 1 aliphatic rings. The minimum Gasteiger partial charge on any atom is -0.369 e. The van der Waals surface area contributed by atoms with Crippen molar-refractivity contribution < 1.29 is 9.59 Å². The maximum Gasteiger partial charge on any atom is 0.234 e. The number of carbonyl (C=O) groups is 2. The molecule has 0 radical (unpaired) electrons. The first-order valence-corrected chi connectivity index (χ1v) is 10.4. The molecule has 0 saturated heterocycles. The molecule has 10 heteroatoms. The Bertz CT molecular complexity index is 763. The Hall–Kier alpha value is -1.78. The van der Waals surface area contributed by atoms with E-state index >= 15 is 0 Å². The minimum absolute atomic E-state index is 0.135. The van der Waals surface area contributed by atoms with Gasteiger partial charge in [-0.05, 0) is 25.0 Å². The summed E-state index contributed by atoms with van der Waals surface area (Å²) in [4.78, 5) is 23.9. The Morgan fingerprint density at radius 3 is 2.76 bits per heavy atom. The molecular weight excluding hydrogens is 378 g/mol. The van der Waals surface area contributed by atoms with E-state index in [0.29, 0.717) is 11.7 Å². The number of carbonyl (C=O) groups excluding carboxylic acids is 2. The average molecular weight is 396 g/mol. The molecule has 0 atom stereocenters. The van der Waals surface area contributed by atoms with Gasteiger partial charge in [0.05, 0.1) is 17.2 Å². The number of nitrogens with one attached hydrogen (secondary N) is 2. The molecule has 1 aromatic carbocycles. The number of anilines is 2. The molecule has 1 aliphatic carbocycles. The van der Waals surface area contributed by atoms with E-state index in [1.165, 1.54) is 47.7 Å². The summed E-state index contributed by atoms with van der Waals surface area (Å²) in [5, 5.41) is 15.1. The molecular formula is C15H17N5O2S3. The van der Waals surface area contributed by atoms with Crippen LogP contribution in [-0.2, 0) is 9.59 Å². The van der Waals surface area contributed by atoms with Crippen molar-refractivity contribution in [2.24, 2.45) is 5.73 Å². The predicted octanol–water partition coefficient (Wildman–Crippen LogP) is 2.42. The Kier molecular flexibility index (Phi) is 6.16. The number of nitrogens with zero attached hydrogens (tertiary/aromatic N) is 2. The van der Waals surface area contributed by atoms with Gasteiger partial charge in [-0.2, -0.15) is 0 Å². The minimum atomic E-state index is -0.395. The standard InChI is InChI=1S/C15H17N5O2S3/c16-12(21)7-23-11-4-2-1-3-10(11)18-13(22)8-24-15-20-19-14(25-15)17-9-5-6-9/h1-4,9H,5-8H2,(H2,16,21)(H,17,19)(H,18,22). The molecule has 2 amide bonds. The Morgan fingerprint density at radius 1 is 1.20 bits per heavy atom. The van der Waals surface area contributed by atoms with Gasteiger partial charge in [-0.15, -0.1) is 22.0 Å². The normalized spacial score (nSPS) is 13.4. The molecule has 1 saturated carbocycles. The van der Waals surface area contributed by atoms with Crippen molar-refractivity contribution in [2.75, 3.05) is 22.1 Å². The van der Waals surface area contributed by atoms with Crippen molar-refractivity contribution in [3.8, 4) is 0 Å². The molecule has 7 nitrogen and oxygen atoms in total. The van der Waals surface area contributed by atoms with Crippen molar-refractivity contribution in [1.82, 2.24) is 10.2 Å². The van der Waals surface area contributed by atoms with E-state index in [1.54, 1.807) is 6.07 Å². The lowest BCUT2D eigenvalue weighted by molar-refractivity contribution is -0.115. The van der Waals surface area contributed by atoms with Crippen LogP contribution in [0.1, 0.15) is 12.8 Å². The molecule has 4 N–H and O–H groups in total. The maximum atomic E-state index is 12.2. The first-order chi connectivity index (χ1) is 12.1. The highest BCUT2D eigenvalue weighted by molar-refractivity contribution is 8.01. The molecule has 1 fully saturated rings. The first kappa shape index (κ1) is 18.0. The fraction of sp³-hybridized carbons (Fsp3) is 0.333. The van der Waals surface area contributed by atoms with Crippen molar-refractivity contribution in [3.63, 3.8) is 0 Å². The van der Waals surface area contributed by atoms with E-state index in [1.807, 2.05) is 18.2 Å². The van der Waals surface area contributed by atoms with Gasteiger partial charge in [0.2, 0.25) is 16.9 Å². The molecule has 1 heterocycles. The lowest BCUT2D eigenvalue weighted by Crippen LogP contribution is -2.15. The average Bonchev–Trinajstić information content (AvgIpc) is 3.28. The number of para-hydroxylation sites is 1. The summed E-state index contributed by atoms with van der Waals surface area (Å²) in [7, 11) is 0. The topological polar surface area (TPSA) is 110 Å². The van der Waals surface area contributed by atoms with Gasteiger partial charge in [-0.1, -0.05) is 35.2 Å². The zero-order valence-corrected chi connectivity index (χ0v) is 15.7. The van der Waals surface area contributed by atoms with E-state index in [0.717, 1.165) is 14.4 Å². The van der Waals surface area contributed by atoms with E-state index in [2.05, 4.69) is 20.8 Å². The summed E-state index contributed by atoms with van der Waals surface area (Å²) < 4.78 is 0.759. The second-order valence-corrected chi connectivity index (χ2v) is 8.60. The molecule has 0 bridgehead atoms. The maximum absolute atomic E-state index is 12.2. The van der Waals surface area contributed by atoms with Crippen LogP contribution in [0.15, 0.2) is 33.5 Å². The van der Waals surface area contributed by atoms with Crippen LogP contribution in [0.25, 0.3) is 0 Å². The smallest absolute Gasteiger partial charge is 0.234 e. The predicted molar refractivity (Wildman–Crippen MR) is 102 cm³/mol. The fourth-order valence-corrected chi connectivity index (χ4v) is 4.26. The van der Waals surface area contributed by atoms with E-state index in [-0.39, 0.29) is 17.4 Å². The number of hydrogen-bond donors (Lipinski definition) is 3.